The van der Waals surface area contributed by atoms with Gasteiger partial charge >= 0.3 is 5.97 Å². The van der Waals surface area contributed by atoms with Crippen LogP contribution >= 0.6 is 0 Å². The Kier molecular flexibility index (Phi) is 16.9. The van der Waals surface area contributed by atoms with Gasteiger partial charge in [-0.05, 0) is 109 Å². The number of fused-ring (bicyclic) bond motifs is 5. The number of ether oxygens (including phenoxy) is 11. The number of Topliss-reactive ketones (excluding diaryl/α,β-unsaturated/α-hetero) is 1. The first-order valence-corrected chi connectivity index (χ1v) is 27.0. The number of carbonyl (C=O) groups excluding carboxylic acids is 2. The fourth-order valence-corrected chi connectivity index (χ4v) is 14.5. The van der Waals surface area contributed by atoms with E-state index in [1.54, 1.807) is 20.8 Å². The first kappa shape index (κ1) is 58.8. The molecule has 23 heteroatoms. The van der Waals surface area contributed by atoms with E-state index in [0.717, 1.165) is 5.57 Å². The van der Waals surface area contributed by atoms with Gasteiger partial charge in [0.2, 0.25) is 0 Å². The number of ketones is 1. The Bertz CT molecular complexity index is 2280. The molecule has 9 rings (SSSR count). The van der Waals surface area contributed by atoms with Gasteiger partial charge in [0.15, 0.2) is 30.9 Å². The number of aliphatic hydroxyl groups excluding tert-OH is 6. The van der Waals surface area contributed by atoms with Crippen LogP contribution in [-0.2, 0) is 56.9 Å². The largest absolute Gasteiger partial charge is 0.508 e. The zero-order valence-corrected chi connectivity index (χ0v) is 44.9. The van der Waals surface area contributed by atoms with Crippen LogP contribution in [0.1, 0.15) is 110 Å². The lowest BCUT2D eigenvalue weighted by atomic mass is 9.42. The Morgan fingerprint density at radius 1 is 0.701 bits per heavy atom. The second kappa shape index (κ2) is 22.1. The molecule has 77 heavy (non-hydrogen) atoms. The van der Waals surface area contributed by atoms with E-state index in [0.29, 0.717) is 19.3 Å². The summed E-state index contributed by atoms with van der Waals surface area (Å²) in [6.07, 6.45) is -18.0. The SMILES string of the molecule is COC1CC(OC2C(O)CC(OC3CCC4(C)C(=CCC5(O)C4CC(OC(=O)c4ccc(O)cc4)C4(C)C(O)(C(C)=O)CCC54O)C3)OC2C)OC(C)C1OC1OC(C)C(OC2OC(CO)C(O)C(O)C2O)C(OC)C1O. The van der Waals surface area contributed by atoms with Gasteiger partial charge in [-0.25, -0.2) is 4.79 Å². The lowest BCUT2D eigenvalue weighted by Gasteiger charge is -2.67. The van der Waals surface area contributed by atoms with E-state index < -0.39 is 169 Å². The third kappa shape index (κ3) is 9.92. The van der Waals surface area contributed by atoms with Gasteiger partial charge in [0, 0.05) is 33.0 Å². The lowest BCUT2D eigenvalue weighted by molar-refractivity contribution is -0.373. The Balaban J connectivity index is 0.808. The van der Waals surface area contributed by atoms with Crippen LogP contribution in [0.5, 0.6) is 5.75 Å². The fourth-order valence-electron chi connectivity index (χ4n) is 14.5. The number of phenols is 1. The van der Waals surface area contributed by atoms with Crippen molar-refractivity contribution in [2.45, 2.75) is 239 Å². The van der Waals surface area contributed by atoms with Crippen LogP contribution in [0.3, 0.4) is 0 Å². The van der Waals surface area contributed by atoms with E-state index in [1.165, 1.54) is 52.3 Å². The average Bonchev–Trinajstić information content (AvgIpc) is 3.62. The van der Waals surface area contributed by atoms with Crippen LogP contribution in [0.25, 0.3) is 0 Å². The molecular formula is C54H80O23. The summed E-state index contributed by atoms with van der Waals surface area (Å²) in [5.74, 6) is -2.09. The Morgan fingerprint density at radius 2 is 1.34 bits per heavy atom. The Labute approximate surface area is 447 Å². The molecule has 0 aromatic heterocycles. The number of carbonyl (C=O) groups is 2. The van der Waals surface area contributed by atoms with Crippen LogP contribution in [0.4, 0.5) is 0 Å². The van der Waals surface area contributed by atoms with E-state index in [1.807, 2.05) is 13.0 Å². The monoisotopic (exact) mass is 1100 g/mol. The molecule has 0 spiro atoms. The van der Waals surface area contributed by atoms with Crippen molar-refractivity contribution < 1.29 is 113 Å². The van der Waals surface area contributed by atoms with E-state index in [-0.39, 0.29) is 55.9 Å². The van der Waals surface area contributed by atoms with Crippen molar-refractivity contribution in [3.63, 3.8) is 0 Å². The highest BCUT2D eigenvalue weighted by molar-refractivity contribution is 5.90. The molecule has 7 fully saturated rings. The molecule has 434 valence electrons. The third-order valence-corrected chi connectivity index (χ3v) is 19.2. The van der Waals surface area contributed by atoms with Crippen molar-refractivity contribution in [3.8, 4) is 5.75 Å². The fraction of sp³-hybridized carbons (Fsp3) is 0.815. The van der Waals surface area contributed by atoms with Gasteiger partial charge in [-0.3, -0.25) is 4.79 Å². The van der Waals surface area contributed by atoms with Crippen molar-refractivity contribution >= 4 is 11.8 Å². The van der Waals surface area contributed by atoms with Crippen molar-refractivity contribution in [3.05, 3.63) is 41.5 Å². The van der Waals surface area contributed by atoms with Crippen molar-refractivity contribution in [2.75, 3.05) is 20.8 Å². The molecule has 0 bridgehead atoms. The van der Waals surface area contributed by atoms with Crippen LogP contribution in [0.15, 0.2) is 35.9 Å². The number of methoxy groups -OCH3 is 2. The molecule has 26 atom stereocenters. The number of esters is 1. The number of rotatable bonds is 14. The maximum atomic E-state index is 13.7. The summed E-state index contributed by atoms with van der Waals surface area (Å²) >= 11 is 0. The molecule has 4 aliphatic heterocycles. The first-order chi connectivity index (χ1) is 36.3. The van der Waals surface area contributed by atoms with Gasteiger partial charge in [0.25, 0.3) is 0 Å². The number of hydrogen-bond donors (Lipinski definition) is 10. The molecule has 0 amide bonds. The maximum Gasteiger partial charge on any atom is 0.338 e. The number of hydrogen-bond acceptors (Lipinski definition) is 23. The predicted molar refractivity (Wildman–Crippen MR) is 262 cm³/mol. The molecule has 8 aliphatic rings. The molecule has 1 aromatic rings. The molecule has 10 N–H and O–H groups in total. The molecule has 0 radical (unpaired) electrons. The molecule has 3 saturated carbocycles. The molecule has 26 unspecified atom stereocenters. The highest BCUT2D eigenvalue weighted by Crippen LogP contribution is 2.71. The van der Waals surface area contributed by atoms with Gasteiger partial charge in [-0.2, -0.15) is 0 Å². The second-order valence-corrected chi connectivity index (χ2v) is 23.2. The quantitative estimate of drug-likeness (QED) is 0.0875. The molecule has 4 saturated heterocycles. The second-order valence-electron chi connectivity index (χ2n) is 23.2. The highest BCUT2D eigenvalue weighted by Gasteiger charge is 2.81. The van der Waals surface area contributed by atoms with Gasteiger partial charge in [-0.15, -0.1) is 0 Å². The van der Waals surface area contributed by atoms with E-state index in [2.05, 4.69) is 0 Å². The zero-order chi connectivity index (χ0) is 55.9. The molecule has 1 aromatic carbocycles. The summed E-state index contributed by atoms with van der Waals surface area (Å²) in [4.78, 5) is 27.0. The van der Waals surface area contributed by atoms with E-state index in [4.69, 9.17) is 52.1 Å². The summed E-state index contributed by atoms with van der Waals surface area (Å²) in [6, 6.07) is 5.49. The van der Waals surface area contributed by atoms with Crippen molar-refractivity contribution in [1.82, 2.24) is 0 Å². The number of aromatic hydroxyl groups is 1. The molecule has 4 aliphatic carbocycles. The lowest BCUT2D eigenvalue weighted by Crippen LogP contribution is -2.78. The number of benzene rings is 1. The predicted octanol–water partition coefficient (Wildman–Crippen LogP) is 0.147. The van der Waals surface area contributed by atoms with Gasteiger partial charge in [0.05, 0.1) is 54.2 Å². The van der Waals surface area contributed by atoms with Gasteiger partial charge in [0.1, 0.15) is 83.6 Å². The highest BCUT2D eigenvalue weighted by atomic mass is 16.8. The van der Waals surface area contributed by atoms with Crippen LogP contribution in [0.2, 0.25) is 0 Å². The van der Waals surface area contributed by atoms with Gasteiger partial charge in [-0.1, -0.05) is 18.6 Å². The first-order valence-electron chi connectivity index (χ1n) is 27.0. The van der Waals surface area contributed by atoms with Crippen molar-refractivity contribution in [1.29, 1.82) is 0 Å². The number of aliphatic hydroxyl groups is 9. The third-order valence-electron chi connectivity index (χ3n) is 19.2. The number of phenolic OH excluding ortho intramolecular Hbond substituents is 1. The summed E-state index contributed by atoms with van der Waals surface area (Å²) in [7, 11) is 2.83. The van der Waals surface area contributed by atoms with Crippen LogP contribution < -0.4 is 0 Å². The maximum absolute atomic E-state index is 13.7. The smallest absolute Gasteiger partial charge is 0.338 e. The average molecular weight is 1100 g/mol. The molecule has 23 nitrogen and oxygen atoms in total. The topological polar surface area (TPSA) is 338 Å². The Hall–Kier alpha value is -2.86. The summed E-state index contributed by atoms with van der Waals surface area (Å²) in [6.45, 7) is 9.27. The van der Waals surface area contributed by atoms with E-state index >= 15 is 0 Å². The normalized spacial score (nSPS) is 49.9. The molecular weight excluding hydrogens is 1020 g/mol. The minimum absolute atomic E-state index is 0.0121. The minimum Gasteiger partial charge on any atom is -0.508 e. The van der Waals surface area contributed by atoms with Crippen LogP contribution in [-0.4, -0.2) is 223 Å². The van der Waals surface area contributed by atoms with Crippen molar-refractivity contribution in [2.24, 2.45) is 16.7 Å². The zero-order valence-electron chi connectivity index (χ0n) is 44.9. The standard InChI is InChI=1S/C54H80O23/c1-24-43(75-38-21-33(67-7)44(25(2)70-38)76-49-42(62)46(68-8)45(26(3)71-49)77-48-41(61)40(60)39(59)34(23-55)73-48)32(58)20-37(69-24)72-31-14-15-50(5)29(19-31)13-16-53(65)35(50)22-36(74-47(63)28-9-11-30(57)12-10-28)51(6)52(64,27(4)56)17-18-54(51,53)66/h9-13,24-26,31-46,48-49,55,57-62,64-66H,14-23H2,1-8H3. The Morgan fingerprint density at radius 3 is 1.97 bits per heavy atom. The van der Waals surface area contributed by atoms with Gasteiger partial charge < -0.3 is 103 Å². The molecule has 4 heterocycles. The summed E-state index contributed by atoms with van der Waals surface area (Å²) in [5, 5.41) is 112. The summed E-state index contributed by atoms with van der Waals surface area (Å²) < 4.78 is 67.2. The minimum atomic E-state index is -2.11. The van der Waals surface area contributed by atoms with E-state index in [9.17, 15) is 60.7 Å². The van der Waals surface area contributed by atoms with Crippen LogP contribution in [0, 0.1) is 16.7 Å². The summed E-state index contributed by atoms with van der Waals surface area (Å²) in [5.41, 5.74) is -7.37.